The number of halogens is 2. The molecular weight excluding hydrogens is 338 g/mol. The molecule has 2 aromatic rings. The summed E-state index contributed by atoms with van der Waals surface area (Å²) in [5.41, 5.74) is 1.40. The van der Waals surface area contributed by atoms with Crippen molar-refractivity contribution in [2.45, 2.75) is 31.3 Å². The summed E-state index contributed by atoms with van der Waals surface area (Å²) in [7, 11) is 1.86. The van der Waals surface area contributed by atoms with Gasteiger partial charge >= 0.3 is 0 Å². The molecule has 0 radical (unpaired) electrons. The average Bonchev–Trinajstić information content (AvgIpc) is 3.15. The first-order valence-corrected chi connectivity index (χ1v) is 8.96. The van der Waals surface area contributed by atoms with Gasteiger partial charge in [-0.1, -0.05) is 6.07 Å². The molecule has 5 nitrogen and oxygen atoms in total. The van der Waals surface area contributed by atoms with E-state index in [9.17, 15) is 13.6 Å². The van der Waals surface area contributed by atoms with Gasteiger partial charge in [0.2, 0.25) is 5.91 Å². The van der Waals surface area contributed by atoms with E-state index >= 15 is 0 Å². The van der Waals surface area contributed by atoms with E-state index in [-0.39, 0.29) is 30.3 Å². The minimum Gasteiger partial charge on any atom is -0.335 e. The van der Waals surface area contributed by atoms with Crippen LogP contribution in [0.3, 0.4) is 0 Å². The number of amides is 1. The lowest BCUT2D eigenvalue weighted by Crippen LogP contribution is -2.40. The molecule has 1 aromatic carbocycles. The van der Waals surface area contributed by atoms with Crippen LogP contribution < -0.4 is 5.32 Å². The monoisotopic (exact) mass is 360 g/mol. The van der Waals surface area contributed by atoms with Gasteiger partial charge in [-0.15, -0.1) is 0 Å². The summed E-state index contributed by atoms with van der Waals surface area (Å²) in [5, 5.41) is 7.51. The van der Waals surface area contributed by atoms with Crippen LogP contribution in [0.1, 0.15) is 29.9 Å². The van der Waals surface area contributed by atoms with Gasteiger partial charge in [-0.2, -0.15) is 5.10 Å². The Labute approximate surface area is 151 Å². The Hall–Kier alpha value is -2.28. The standard InChI is InChI=1S/C19H22F2N4O/c1-24-10-13(7-23-24)16-8-22-9-17(16)19(26)25(15-4-5-15)11-12-2-3-14(20)6-18(12)21/h2-3,6-7,10,15-17,22H,4-5,8-9,11H2,1H3/t16-,17+/m1/s1. The fraction of sp³-hybridized carbons (Fsp3) is 0.474. The van der Waals surface area contributed by atoms with Crippen molar-refractivity contribution in [1.82, 2.24) is 20.0 Å². The third-order valence-corrected chi connectivity index (χ3v) is 5.31. The number of aromatic nitrogens is 2. The molecule has 26 heavy (non-hydrogen) atoms. The van der Waals surface area contributed by atoms with Crippen LogP contribution >= 0.6 is 0 Å². The second kappa shape index (κ2) is 6.79. The molecule has 138 valence electrons. The Balaban J connectivity index is 1.55. The van der Waals surface area contributed by atoms with Gasteiger partial charge in [-0.25, -0.2) is 8.78 Å². The summed E-state index contributed by atoms with van der Waals surface area (Å²) in [6.45, 7) is 1.52. The van der Waals surface area contributed by atoms with Gasteiger partial charge in [-0.05, 0) is 24.5 Å². The summed E-state index contributed by atoms with van der Waals surface area (Å²) >= 11 is 0. The van der Waals surface area contributed by atoms with E-state index in [4.69, 9.17) is 0 Å². The smallest absolute Gasteiger partial charge is 0.228 e. The number of carbonyl (C=O) groups is 1. The lowest BCUT2D eigenvalue weighted by Gasteiger charge is -2.28. The number of hydrogen-bond donors (Lipinski definition) is 1. The molecule has 1 saturated carbocycles. The summed E-state index contributed by atoms with van der Waals surface area (Å²) in [5.74, 6) is -1.29. The van der Waals surface area contributed by atoms with Crippen molar-refractivity contribution in [3.05, 3.63) is 53.4 Å². The normalized spacial score (nSPS) is 22.6. The number of nitrogens with one attached hydrogen (secondary N) is 1. The lowest BCUT2D eigenvalue weighted by atomic mass is 9.89. The largest absolute Gasteiger partial charge is 0.335 e. The van der Waals surface area contributed by atoms with E-state index in [2.05, 4.69) is 10.4 Å². The quantitative estimate of drug-likeness (QED) is 0.889. The third kappa shape index (κ3) is 3.35. The maximum absolute atomic E-state index is 14.1. The molecule has 0 unspecified atom stereocenters. The number of nitrogens with zero attached hydrogens (tertiary/aromatic N) is 3. The molecule has 2 atom stereocenters. The molecule has 1 saturated heterocycles. The van der Waals surface area contributed by atoms with Crippen LogP contribution in [0.4, 0.5) is 8.78 Å². The third-order valence-electron chi connectivity index (χ3n) is 5.31. The highest BCUT2D eigenvalue weighted by Gasteiger charge is 2.41. The highest BCUT2D eigenvalue weighted by Crippen LogP contribution is 2.35. The molecule has 2 fully saturated rings. The topological polar surface area (TPSA) is 50.2 Å². The zero-order chi connectivity index (χ0) is 18.3. The van der Waals surface area contributed by atoms with Gasteiger partial charge in [0.15, 0.2) is 0 Å². The maximum atomic E-state index is 14.1. The van der Waals surface area contributed by atoms with Gasteiger partial charge in [0.05, 0.1) is 12.1 Å². The fourth-order valence-electron chi connectivity index (χ4n) is 3.74. The molecule has 0 bridgehead atoms. The molecule has 1 N–H and O–H groups in total. The minimum absolute atomic E-state index is 0.0371. The van der Waals surface area contributed by atoms with Gasteiger partial charge < -0.3 is 10.2 Å². The fourth-order valence-corrected chi connectivity index (χ4v) is 3.74. The van der Waals surface area contributed by atoms with Crippen molar-refractivity contribution in [1.29, 1.82) is 0 Å². The highest BCUT2D eigenvalue weighted by atomic mass is 19.1. The van der Waals surface area contributed by atoms with Crippen LogP contribution in [0.25, 0.3) is 0 Å². The van der Waals surface area contributed by atoms with E-state index in [1.54, 1.807) is 15.8 Å². The lowest BCUT2D eigenvalue weighted by molar-refractivity contribution is -0.136. The number of carbonyl (C=O) groups excluding carboxylic acids is 1. The second-order valence-electron chi connectivity index (χ2n) is 7.25. The zero-order valence-corrected chi connectivity index (χ0v) is 14.7. The predicted molar refractivity (Wildman–Crippen MR) is 92.2 cm³/mol. The van der Waals surface area contributed by atoms with Crippen LogP contribution in [0, 0.1) is 17.6 Å². The van der Waals surface area contributed by atoms with E-state index in [0.717, 1.165) is 31.0 Å². The Morgan fingerprint density at radius 1 is 1.35 bits per heavy atom. The number of aryl methyl sites for hydroxylation is 1. The molecule has 4 rings (SSSR count). The number of hydrogen-bond acceptors (Lipinski definition) is 3. The van der Waals surface area contributed by atoms with E-state index in [1.807, 2.05) is 13.2 Å². The highest BCUT2D eigenvalue weighted by molar-refractivity contribution is 5.81. The first-order valence-electron chi connectivity index (χ1n) is 8.96. The van der Waals surface area contributed by atoms with Gasteiger partial charge in [0.1, 0.15) is 11.6 Å². The molecule has 7 heteroatoms. The Bertz CT molecular complexity index is 818. The summed E-state index contributed by atoms with van der Waals surface area (Å²) in [6.07, 6.45) is 5.62. The van der Waals surface area contributed by atoms with E-state index < -0.39 is 11.6 Å². The van der Waals surface area contributed by atoms with Crippen LogP contribution in [0.15, 0.2) is 30.6 Å². The number of benzene rings is 1. The summed E-state index contributed by atoms with van der Waals surface area (Å²) < 4.78 is 29.0. The average molecular weight is 360 g/mol. The molecule has 1 aromatic heterocycles. The van der Waals surface area contributed by atoms with Crippen LogP contribution in [0.2, 0.25) is 0 Å². The minimum atomic E-state index is -0.604. The van der Waals surface area contributed by atoms with E-state index in [0.29, 0.717) is 12.1 Å². The predicted octanol–water partition coefficient (Wildman–Crippen LogP) is 2.19. The number of rotatable bonds is 5. The van der Waals surface area contributed by atoms with Crippen molar-refractivity contribution in [3.63, 3.8) is 0 Å². The van der Waals surface area contributed by atoms with Gasteiger partial charge in [0.25, 0.3) is 0 Å². The Morgan fingerprint density at radius 2 is 2.15 bits per heavy atom. The summed E-state index contributed by atoms with van der Waals surface area (Å²) in [4.78, 5) is 15.0. The van der Waals surface area contributed by atoms with Gasteiger partial charge in [-0.3, -0.25) is 9.48 Å². The second-order valence-corrected chi connectivity index (χ2v) is 7.25. The molecule has 2 heterocycles. The van der Waals surface area contributed by atoms with Crippen LogP contribution in [-0.2, 0) is 18.4 Å². The summed E-state index contributed by atoms with van der Waals surface area (Å²) in [6, 6.07) is 3.70. The van der Waals surface area contributed by atoms with Crippen LogP contribution in [-0.4, -0.2) is 39.7 Å². The van der Waals surface area contributed by atoms with Crippen molar-refractivity contribution >= 4 is 5.91 Å². The molecular formula is C19H22F2N4O. The molecule has 0 spiro atoms. The molecule has 1 amide bonds. The van der Waals surface area contributed by atoms with Crippen molar-refractivity contribution in [3.8, 4) is 0 Å². The molecule has 1 aliphatic carbocycles. The van der Waals surface area contributed by atoms with Crippen LogP contribution in [0.5, 0.6) is 0 Å². The maximum Gasteiger partial charge on any atom is 0.228 e. The van der Waals surface area contributed by atoms with Crippen molar-refractivity contribution in [2.75, 3.05) is 13.1 Å². The van der Waals surface area contributed by atoms with E-state index in [1.165, 1.54) is 12.1 Å². The first-order chi connectivity index (χ1) is 12.5. The van der Waals surface area contributed by atoms with Gasteiger partial charge in [0, 0.05) is 56.5 Å². The Kier molecular flexibility index (Phi) is 4.48. The molecule has 2 aliphatic rings. The van der Waals surface area contributed by atoms with Crippen molar-refractivity contribution < 1.29 is 13.6 Å². The SMILES string of the molecule is Cn1cc([C@H]2CNC[C@@H]2C(=O)N(Cc2ccc(F)cc2F)C2CC2)cn1. The zero-order valence-electron chi connectivity index (χ0n) is 14.7. The first kappa shape index (κ1) is 17.1. The Morgan fingerprint density at radius 3 is 2.81 bits per heavy atom. The molecule has 1 aliphatic heterocycles. The van der Waals surface area contributed by atoms with Crippen molar-refractivity contribution in [2.24, 2.45) is 13.0 Å².